The van der Waals surface area contributed by atoms with Crippen LogP contribution in [0.3, 0.4) is 0 Å². The molecule has 3 fully saturated rings. The van der Waals surface area contributed by atoms with Gasteiger partial charge in [0, 0.05) is 19.0 Å². The number of amides is 2. The molecule has 3 saturated carbocycles. The summed E-state index contributed by atoms with van der Waals surface area (Å²) in [5.41, 5.74) is 2.07. The minimum atomic E-state index is -1.11. The molecule has 152 valence electrons. The normalized spacial score (nSPS) is 30.7. The summed E-state index contributed by atoms with van der Waals surface area (Å²) in [6, 6.07) is 14.0. The maximum Gasteiger partial charge on any atom is 0.318 e. The second kappa shape index (κ2) is 7.12. The Hall–Kier alpha value is -2.43. The van der Waals surface area contributed by atoms with Gasteiger partial charge in [-0.05, 0) is 66.8 Å². The van der Waals surface area contributed by atoms with Crippen molar-refractivity contribution in [1.82, 2.24) is 10.2 Å². The quantitative estimate of drug-likeness (QED) is 0.748. The van der Waals surface area contributed by atoms with E-state index in [9.17, 15) is 13.6 Å². The highest BCUT2D eigenvalue weighted by atomic mass is 19.1. The van der Waals surface area contributed by atoms with Crippen LogP contribution in [0.15, 0.2) is 48.5 Å². The maximum absolute atomic E-state index is 14.9. The second-order valence-electron chi connectivity index (χ2n) is 8.84. The fraction of sp³-hybridized carbons (Fsp3) is 0.458. The number of hydrogen-bond donors (Lipinski definition) is 1. The van der Waals surface area contributed by atoms with Crippen LogP contribution in [0.2, 0.25) is 0 Å². The summed E-state index contributed by atoms with van der Waals surface area (Å²) >= 11 is 0. The first-order chi connectivity index (χ1) is 14.0. The van der Waals surface area contributed by atoms with Crippen molar-refractivity contribution in [3.63, 3.8) is 0 Å². The van der Waals surface area contributed by atoms with Gasteiger partial charge in [0.2, 0.25) is 0 Å². The monoisotopic (exact) mass is 396 g/mol. The van der Waals surface area contributed by atoms with Gasteiger partial charge in [-0.25, -0.2) is 13.6 Å². The van der Waals surface area contributed by atoms with Crippen LogP contribution in [0.4, 0.5) is 13.6 Å². The highest BCUT2D eigenvalue weighted by molar-refractivity contribution is 5.76. The molecule has 1 aliphatic heterocycles. The van der Waals surface area contributed by atoms with Gasteiger partial charge in [0.05, 0.1) is 6.04 Å². The van der Waals surface area contributed by atoms with Crippen LogP contribution in [-0.2, 0) is 6.42 Å². The smallest absolute Gasteiger partial charge is 0.318 e. The summed E-state index contributed by atoms with van der Waals surface area (Å²) in [7, 11) is 0. The molecule has 3 aliphatic carbocycles. The molecule has 0 aromatic heterocycles. The molecule has 2 aromatic rings. The molecule has 5 heteroatoms. The highest BCUT2D eigenvalue weighted by Crippen LogP contribution is 2.47. The molecule has 29 heavy (non-hydrogen) atoms. The number of carbonyl (C=O) groups excluding carboxylic acids is 1. The summed E-state index contributed by atoms with van der Waals surface area (Å²) in [4.78, 5) is 15.2. The van der Waals surface area contributed by atoms with Crippen LogP contribution >= 0.6 is 0 Å². The van der Waals surface area contributed by atoms with Gasteiger partial charge in [0.15, 0.2) is 0 Å². The van der Waals surface area contributed by atoms with Crippen LogP contribution < -0.4 is 5.32 Å². The zero-order valence-corrected chi connectivity index (χ0v) is 16.4. The second-order valence-corrected chi connectivity index (χ2v) is 8.84. The molecule has 2 atom stereocenters. The lowest BCUT2D eigenvalue weighted by molar-refractivity contribution is -0.000934. The van der Waals surface area contributed by atoms with E-state index in [4.69, 9.17) is 0 Å². The van der Waals surface area contributed by atoms with Crippen molar-refractivity contribution in [1.29, 1.82) is 0 Å². The highest BCUT2D eigenvalue weighted by Gasteiger charge is 2.47. The van der Waals surface area contributed by atoms with Crippen LogP contribution in [0.5, 0.6) is 0 Å². The Kier molecular flexibility index (Phi) is 4.56. The lowest BCUT2D eigenvalue weighted by Gasteiger charge is -2.47. The van der Waals surface area contributed by atoms with Crippen LogP contribution in [0, 0.1) is 11.7 Å². The Morgan fingerprint density at radius 2 is 1.79 bits per heavy atom. The standard InChI is InChI=1S/C24H26F2N2O/c25-19-7-5-18(6-8-19)22-20-4-2-1-3-16(20)11-14-28(22)23(29)27-21-15-24(26)12-9-17(21)10-13-24/h1-8,17,21-22H,9-15H2,(H,27,29)/t17?,21-,22+,24?/m1/s1. The summed E-state index contributed by atoms with van der Waals surface area (Å²) in [6.45, 7) is 0.586. The molecule has 3 nitrogen and oxygen atoms in total. The summed E-state index contributed by atoms with van der Waals surface area (Å²) in [5.74, 6) is 0.0817. The number of carbonyl (C=O) groups is 1. The van der Waals surface area contributed by atoms with Gasteiger partial charge < -0.3 is 10.2 Å². The number of nitrogens with one attached hydrogen (secondary N) is 1. The van der Waals surface area contributed by atoms with E-state index in [0.717, 1.165) is 30.4 Å². The molecule has 2 bridgehead atoms. The molecule has 4 aliphatic rings. The Morgan fingerprint density at radius 1 is 1.07 bits per heavy atom. The van der Waals surface area contributed by atoms with Gasteiger partial charge in [0.25, 0.3) is 0 Å². The Bertz CT molecular complexity index is 905. The number of halogens is 2. The maximum atomic E-state index is 14.9. The van der Waals surface area contributed by atoms with Crippen molar-refractivity contribution in [2.45, 2.75) is 56.3 Å². The first-order valence-electron chi connectivity index (χ1n) is 10.6. The van der Waals surface area contributed by atoms with E-state index in [1.807, 2.05) is 23.1 Å². The summed E-state index contributed by atoms with van der Waals surface area (Å²) < 4.78 is 28.4. The molecule has 6 rings (SSSR count). The summed E-state index contributed by atoms with van der Waals surface area (Å²) in [5, 5.41) is 3.16. The molecule has 0 spiro atoms. The molecule has 0 saturated heterocycles. The minimum absolute atomic E-state index is 0.0963. The van der Waals surface area contributed by atoms with Crippen molar-refractivity contribution in [3.05, 3.63) is 71.0 Å². The molecule has 1 heterocycles. The third-order valence-electron chi connectivity index (χ3n) is 7.12. The van der Waals surface area contributed by atoms with E-state index in [2.05, 4.69) is 11.4 Å². The Balaban J connectivity index is 1.43. The van der Waals surface area contributed by atoms with Crippen molar-refractivity contribution in [2.24, 2.45) is 5.92 Å². The molecular formula is C24H26F2N2O. The zero-order valence-electron chi connectivity index (χ0n) is 16.4. The van der Waals surface area contributed by atoms with Crippen LogP contribution in [0.25, 0.3) is 0 Å². The molecule has 2 aromatic carbocycles. The predicted molar refractivity (Wildman–Crippen MR) is 108 cm³/mol. The number of nitrogens with zero attached hydrogens (tertiary/aromatic N) is 1. The van der Waals surface area contributed by atoms with Crippen molar-refractivity contribution in [3.8, 4) is 0 Å². The average Bonchev–Trinajstić information content (AvgIpc) is 2.73. The third kappa shape index (κ3) is 3.41. The zero-order chi connectivity index (χ0) is 20.0. The van der Waals surface area contributed by atoms with E-state index < -0.39 is 5.67 Å². The first kappa shape index (κ1) is 18.6. The Morgan fingerprint density at radius 3 is 2.52 bits per heavy atom. The largest absolute Gasteiger partial charge is 0.335 e. The van der Waals surface area contributed by atoms with Gasteiger partial charge in [-0.1, -0.05) is 36.4 Å². The van der Waals surface area contributed by atoms with Crippen LogP contribution in [-0.4, -0.2) is 29.2 Å². The number of urea groups is 1. The van der Waals surface area contributed by atoms with E-state index in [1.165, 1.54) is 17.7 Å². The number of benzene rings is 2. The van der Waals surface area contributed by atoms with Crippen molar-refractivity contribution >= 4 is 6.03 Å². The van der Waals surface area contributed by atoms with E-state index in [-0.39, 0.29) is 23.9 Å². The molecule has 0 unspecified atom stereocenters. The fourth-order valence-electron chi connectivity index (χ4n) is 5.53. The van der Waals surface area contributed by atoms with Crippen molar-refractivity contribution < 1.29 is 13.6 Å². The van der Waals surface area contributed by atoms with Gasteiger partial charge in [0.1, 0.15) is 11.5 Å². The topological polar surface area (TPSA) is 32.3 Å². The predicted octanol–water partition coefficient (Wildman–Crippen LogP) is 5.15. The number of alkyl halides is 1. The molecule has 2 amide bonds. The van der Waals surface area contributed by atoms with Crippen molar-refractivity contribution in [2.75, 3.05) is 6.54 Å². The van der Waals surface area contributed by atoms with Crippen LogP contribution in [0.1, 0.15) is 54.8 Å². The SMILES string of the molecule is O=C(N[C@@H]1CC2(F)CCC1CC2)N1CCc2ccccc2[C@@H]1c1ccc(F)cc1. The third-order valence-corrected chi connectivity index (χ3v) is 7.12. The lowest BCUT2D eigenvalue weighted by Crippen LogP contribution is -2.56. The van der Waals surface area contributed by atoms with E-state index in [0.29, 0.717) is 31.7 Å². The fourth-order valence-corrected chi connectivity index (χ4v) is 5.53. The van der Waals surface area contributed by atoms with Gasteiger partial charge in [-0.2, -0.15) is 0 Å². The van der Waals surface area contributed by atoms with Gasteiger partial charge >= 0.3 is 6.03 Å². The average molecular weight is 396 g/mol. The van der Waals surface area contributed by atoms with E-state index >= 15 is 0 Å². The lowest BCUT2D eigenvalue weighted by atomic mass is 9.66. The molecule has 0 radical (unpaired) electrons. The molecular weight excluding hydrogens is 370 g/mol. The Labute approximate surface area is 170 Å². The molecule has 1 N–H and O–H groups in total. The first-order valence-corrected chi connectivity index (χ1v) is 10.6. The number of hydrogen-bond acceptors (Lipinski definition) is 1. The number of fused-ring (bicyclic) bond motifs is 4. The van der Waals surface area contributed by atoms with Gasteiger partial charge in [-0.3, -0.25) is 0 Å². The van der Waals surface area contributed by atoms with Gasteiger partial charge in [-0.15, -0.1) is 0 Å². The summed E-state index contributed by atoms with van der Waals surface area (Å²) in [6.07, 6.45) is 4.16. The minimum Gasteiger partial charge on any atom is -0.335 e. The number of rotatable bonds is 2. The van der Waals surface area contributed by atoms with E-state index in [1.54, 1.807) is 12.1 Å².